The molecule has 6 nitrogen and oxygen atoms in total. The fourth-order valence-electron chi connectivity index (χ4n) is 3.77. The minimum Gasteiger partial charge on any atom is -0.493 e. The zero-order chi connectivity index (χ0) is 22.2. The monoisotopic (exact) mass is 484 g/mol. The molecule has 5 rings (SSSR count). The minimum atomic E-state index is -0.348. The molecule has 0 fully saturated rings. The Morgan fingerprint density at radius 2 is 1.81 bits per heavy atom. The van der Waals surface area contributed by atoms with Crippen molar-refractivity contribution in [1.29, 1.82) is 0 Å². The van der Waals surface area contributed by atoms with Gasteiger partial charge in [0, 0.05) is 29.3 Å². The smallest absolute Gasteiger partial charge is 0.254 e. The van der Waals surface area contributed by atoms with Gasteiger partial charge in [0.1, 0.15) is 16.8 Å². The van der Waals surface area contributed by atoms with Crippen LogP contribution in [0.3, 0.4) is 0 Å². The Kier molecular flexibility index (Phi) is 5.59. The van der Waals surface area contributed by atoms with Crippen LogP contribution in [0.4, 0.5) is 0 Å². The maximum atomic E-state index is 13.1. The van der Waals surface area contributed by atoms with Crippen LogP contribution < -0.4 is 10.1 Å². The molecule has 32 heavy (non-hydrogen) atoms. The summed E-state index contributed by atoms with van der Waals surface area (Å²) in [6.45, 7) is 0.515. The molecule has 1 amide bonds. The second kappa shape index (κ2) is 8.54. The third-order valence-electron chi connectivity index (χ3n) is 5.34. The lowest BCUT2D eigenvalue weighted by Gasteiger charge is -2.26. The van der Waals surface area contributed by atoms with Gasteiger partial charge in [-0.2, -0.15) is 5.10 Å². The standard InChI is InChI=1S/C23H15Cl3N4O2/c24-16-6-3-5-12(19(16)25)14-11-28-30-22-20(26)15(10-27-21(14)22)23(31)29-17-8-9-32-18-7-2-1-4-13(17)18/h1-7,10-11,17H,8-9H2,(H,29,31)/t17-/m0/s1. The van der Waals surface area contributed by atoms with Crippen molar-refractivity contribution in [3.05, 3.63) is 81.1 Å². The fraction of sp³-hybridized carbons (Fsp3) is 0.130. The Bertz CT molecular complexity index is 1360. The van der Waals surface area contributed by atoms with Crippen LogP contribution in [0, 0.1) is 0 Å². The topological polar surface area (TPSA) is 77.0 Å². The summed E-state index contributed by atoms with van der Waals surface area (Å²) >= 11 is 19.1. The van der Waals surface area contributed by atoms with Gasteiger partial charge in [-0.3, -0.25) is 9.78 Å². The maximum Gasteiger partial charge on any atom is 0.254 e. The molecule has 0 aliphatic carbocycles. The van der Waals surface area contributed by atoms with E-state index in [1.807, 2.05) is 30.3 Å². The first kappa shape index (κ1) is 20.9. The van der Waals surface area contributed by atoms with Crippen molar-refractivity contribution in [2.45, 2.75) is 12.5 Å². The number of carbonyl (C=O) groups is 1. The van der Waals surface area contributed by atoms with Crippen LogP contribution in [-0.2, 0) is 0 Å². The molecule has 1 aliphatic heterocycles. The van der Waals surface area contributed by atoms with Gasteiger partial charge in [0.15, 0.2) is 0 Å². The first-order valence-electron chi connectivity index (χ1n) is 9.81. The van der Waals surface area contributed by atoms with Gasteiger partial charge < -0.3 is 10.1 Å². The first-order valence-corrected chi connectivity index (χ1v) is 10.9. The van der Waals surface area contributed by atoms with E-state index in [0.717, 1.165) is 11.3 Å². The predicted octanol–water partition coefficient (Wildman–Crippen LogP) is 5.91. The van der Waals surface area contributed by atoms with Gasteiger partial charge >= 0.3 is 0 Å². The average Bonchev–Trinajstić information content (AvgIpc) is 2.81. The molecule has 0 radical (unpaired) electrons. The second-order valence-corrected chi connectivity index (χ2v) is 8.41. The van der Waals surface area contributed by atoms with E-state index in [0.29, 0.717) is 45.2 Å². The number of halogens is 3. The number of hydrogen-bond acceptors (Lipinski definition) is 5. The third kappa shape index (κ3) is 3.64. The van der Waals surface area contributed by atoms with Crippen molar-refractivity contribution in [2.24, 2.45) is 0 Å². The Balaban J connectivity index is 1.52. The van der Waals surface area contributed by atoms with Crippen LogP contribution >= 0.6 is 34.8 Å². The van der Waals surface area contributed by atoms with Gasteiger partial charge in [-0.05, 0) is 12.1 Å². The Morgan fingerprint density at radius 1 is 0.969 bits per heavy atom. The molecule has 4 aromatic rings. The number of nitrogens with one attached hydrogen (secondary N) is 1. The number of ether oxygens (including phenoxy) is 1. The molecule has 2 aromatic carbocycles. The number of fused-ring (bicyclic) bond motifs is 2. The summed E-state index contributed by atoms with van der Waals surface area (Å²) in [4.78, 5) is 17.6. The van der Waals surface area contributed by atoms with Crippen molar-refractivity contribution in [1.82, 2.24) is 20.5 Å². The van der Waals surface area contributed by atoms with E-state index in [9.17, 15) is 4.79 Å². The van der Waals surface area contributed by atoms with Crippen LogP contribution in [-0.4, -0.2) is 27.7 Å². The van der Waals surface area contributed by atoms with Crippen LogP contribution in [0.1, 0.15) is 28.4 Å². The van der Waals surface area contributed by atoms with E-state index in [2.05, 4.69) is 20.5 Å². The molecule has 160 valence electrons. The van der Waals surface area contributed by atoms with Crippen LogP contribution in [0.5, 0.6) is 5.75 Å². The van der Waals surface area contributed by atoms with Gasteiger partial charge in [-0.25, -0.2) is 0 Å². The molecule has 9 heteroatoms. The lowest BCUT2D eigenvalue weighted by molar-refractivity contribution is 0.0924. The molecular weight excluding hydrogens is 471 g/mol. The average molecular weight is 486 g/mol. The normalized spacial score (nSPS) is 15.2. The molecule has 0 spiro atoms. The van der Waals surface area contributed by atoms with Gasteiger partial charge in [0.25, 0.3) is 5.91 Å². The summed E-state index contributed by atoms with van der Waals surface area (Å²) < 4.78 is 5.67. The molecular formula is C23H15Cl3N4O2. The van der Waals surface area contributed by atoms with E-state index in [1.54, 1.807) is 18.3 Å². The Morgan fingerprint density at radius 3 is 2.69 bits per heavy atom. The van der Waals surface area contributed by atoms with E-state index in [1.165, 1.54) is 6.20 Å². The van der Waals surface area contributed by atoms with Crippen molar-refractivity contribution in [3.8, 4) is 16.9 Å². The quantitative estimate of drug-likeness (QED) is 0.390. The van der Waals surface area contributed by atoms with Gasteiger partial charge in [0.05, 0.1) is 39.5 Å². The number of para-hydroxylation sites is 1. The number of amides is 1. The summed E-state index contributed by atoms with van der Waals surface area (Å²) in [5, 5.41) is 12.1. The molecule has 3 heterocycles. The zero-order valence-electron chi connectivity index (χ0n) is 16.5. The summed E-state index contributed by atoms with van der Waals surface area (Å²) in [6.07, 6.45) is 3.63. The van der Waals surface area contributed by atoms with Crippen LogP contribution in [0.25, 0.3) is 22.2 Å². The summed E-state index contributed by atoms with van der Waals surface area (Å²) in [5.41, 5.74) is 3.19. The number of aromatic nitrogens is 3. The highest BCUT2D eigenvalue weighted by Gasteiger charge is 2.25. The first-order chi connectivity index (χ1) is 15.5. The molecule has 0 saturated carbocycles. The van der Waals surface area contributed by atoms with Gasteiger partial charge in [-0.15, -0.1) is 5.10 Å². The number of benzene rings is 2. The molecule has 1 N–H and O–H groups in total. The summed E-state index contributed by atoms with van der Waals surface area (Å²) in [6, 6.07) is 12.7. The summed E-state index contributed by atoms with van der Waals surface area (Å²) in [7, 11) is 0. The second-order valence-electron chi connectivity index (χ2n) is 7.24. The highest BCUT2D eigenvalue weighted by atomic mass is 35.5. The van der Waals surface area contributed by atoms with Crippen molar-refractivity contribution in [3.63, 3.8) is 0 Å². The number of hydrogen-bond donors (Lipinski definition) is 1. The largest absolute Gasteiger partial charge is 0.493 e. The van der Waals surface area contributed by atoms with Gasteiger partial charge in [-0.1, -0.05) is 65.1 Å². The lowest BCUT2D eigenvalue weighted by Crippen LogP contribution is -2.32. The van der Waals surface area contributed by atoms with Crippen LogP contribution in [0.15, 0.2) is 54.9 Å². The van der Waals surface area contributed by atoms with Crippen molar-refractivity contribution in [2.75, 3.05) is 6.61 Å². The molecule has 0 bridgehead atoms. The highest BCUT2D eigenvalue weighted by molar-refractivity contribution is 6.44. The number of pyridine rings is 1. The Labute approximate surface area is 198 Å². The third-order valence-corrected chi connectivity index (χ3v) is 6.54. The molecule has 1 atom stereocenters. The maximum absolute atomic E-state index is 13.1. The van der Waals surface area contributed by atoms with Crippen molar-refractivity contribution >= 4 is 51.7 Å². The van der Waals surface area contributed by atoms with E-state index in [4.69, 9.17) is 39.5 Å². The zero-order valence-corrected chi connectivity index (χ0v) is 18.7. The SMILES string of the molecule is O=C(N[C@H]1CCOc2ccccc21)c1cnc2c(-c3cccc(Cl)c3Cl)cnnc2c1Cl. The number of carbonyl (C=O) groups excluding carboxylic acids is 1. The number of rotatable bonds is 3. The predicted molar refractivity (Wildman–Crippen MR) is 125 cm³/mol. The minimum absolute atomic E-state index is 0.167. The van der Waals surface area contributed by atoms with E-state index >= 15 is 0 Å². The molecule has 2 aromatic heterocycles. The summed E-state index contributed by atoms with van der Waals surface area (Å²) in [5.74, 6) is 0.416. The fourth-order valence-corrected chi connectivity index (χ4v) is 4.43. The van der Waals surface area contributed by atoms with Crippen LogP contribution in [0.2, 0.25) is 15.1 Å². The molecule has 1 aliphatic rings. The van der Waals surface area contributed by atoms with Crippen molar-refractivity contribution < 1.29 is 9.53 Å². The number of nitrogens with zero attached hydrogens (tertiary/aromatic N) is 3. The molecule has 0 saturated heterocycles. The lowest BCUT2D eigenvalue weighted by atomic mass is 10.00. The molecule has 0 unspecified atom stereocenters. The van der Waals surface area contributed by atoms with E-state index in [-0.39, 0.29) is 22.5 Å². The highest BCUT2D eigenvalue weighted by Crippen LogP contribution is 2.37. The van der Waals surface area contributed by atoms with E-state index < -0.39 is 0 Å². The Hall–Kier alpha value is -2.93. The van der Waals surface area contributed by atoms with Gasteiger partial charge in [0.2, 0.25) is 0 Å².